The van der Waals surface area contributed by atoms with Gasteiger partial charge >= 0.3 is 5.97 Å². The summed E-state index contributed by atoms with van der Waals surface area (Å²) in [4.78, 5) is 25.6. The Hall–Kier alpha value is -1.10. The summed E-state index contributed by atoms with van der Waals surface area (Å²) in [6.45, 7) is 10.2. The highest BCUT2D eigenvalue weighted by Crippen LogP contribution is 2.17. The molecule has 5 heteroatoms. The summed E-state index contributed by atoms with van der Waals surface area (Å²) < 4.78 is 5.11. The summed E-state index contributed by atoms with van der Waals surface area (Å²) in [5.74, 6) is 0.148. The maximum Gasteiger partial charge on any atom is 0.307 e. The van der Waals surface area contributed by atoms with Crippen molar-refractivity contribution in [2.75, 3.05) is 19.6 Å². The molecular formula is C15H28N2O3. The third-order valence-electron chi connectivity index (χ3n) is 3.39. The van der Waals surface area contributed by atoms with E-state index in [4.69, 9.17) is 4.74 Å². The summed E-state index contributed by atoms with van der Waals surface area (Å²) in [7, 11) is 0. The third kappa shape index (κ3) is 6.37. The Kier molecular flexibility index (Phi) is 6.99. The van der Waals surface area contributed by atoms with Gasteiger partial charge in [-0.1, -0.05) is 0 Å². The van der Waals surface area contributed by atoms with E-state index >= 15 is 0 Å². The van der Waals surface area contributed by atoms with E-state index in [-0.39, 0.29) is 29.9 Å². The molecule has 0 radical (unpaired) electrons. The van der Waals surface area contributed by atoms with Gasteiger partial charge in [0, 0.05) is 18.5 Å². The highest BCUT2D eigenvalue weighted by molar-refractivity contribution is 5.79. The van der Waals surface area contributed by atoms with E-state index in [9.17, 15) is 9.59 Å². The number of carbonyl (C=O) groups is 2. The molecule has 0 aromatic carbocycles. The molecule has 0 aliphatic carbocycles. The van der Waals surface area contributed by atoms with E-state index in [1.54, 1.807) is 0 Å². The molecule has 1 N–H and O–H groups in total. The maximum absolute atomic E-state index is 11.9. The van der Waals surface area contributed by atoms with Gasteiger partial charge in [-0.25, -0.2) is 0 Å². The number of nitrogens with zero attached hydrogens (tertiary/aromatic N) is 1. The lowest BCUT2D eigenvalue weighted by Gasteiger charge is -2.31. The Labute approximate surface area is 122 Å². The van der Waals surface area contributed by atoms with Crippen LogP contribution < -0.4 is 5.32 Å². The second kappa shape index (κ2) is 8.25. The lowest BCUT2D eigenvalue weighted by Crippen LogP contribution is -2.42. The normalized spacial score (nSPS) is 17.5. The molecule has 1 heterocycles. The van der Waals surface area contributed by atoms with Gasteiger partial charge in [0.05, 0.1) is 12.5 Å². The van der Waals surface area contributed by atoms with Crippen LogP contribution >= 0.6 is 0 Å². The Morgan fingerprint density at radius 2 is 1.80 bits per heavy atom. The van der Waals surface area contributed by atoms with Crippen LogP contribution in [0.4, 0.5) is 0 Å². The van der Waals surface area contributed by atoms with Crippen LogP contribution in [0.25, 0.3) is 0 Å². The fourth-order valence-corrected chi connectivity index (χ4v) is 2.39. The smallest absolute Gasteiger partial charge is 0.307 e. The molecule has 1 aliphatic heterocycles. The van der Waals surface area contributed by atoms with Crippen molar-refractivity contribution in [1.29, 1.82) is 0 Å². The molecule has 1 saturated heterocycles. The van der Waals surface area contributed by atoms with Gasteiger partial charge in [0.25, 0.3) is 0 Å². The summed E-state index contributed by atoms with van der Waals surface area (Å²) >= 11 is 0. The first-order valence-corrected chi connectivity index (χ1v) is 7.60. The number of rotatable bonds is 6. The molecule has 116 valence electrons. The van der Waals surface area contributed by atoms with E-state index in [1.165, 1.54) is 0 Å². The van der Waals surface area contributed by atoms with Crippen LogP contribution in [0.3, 0.4) is 0 Å². The van der Waals surface area contributed by atoms with Crippen molar-refractivity contribution in [3.63, 3.8) is 0 Å². The minimum atomic E-state index is -0.139. The zero-order valence-corrected chi connectivity index (χ0v) is 13.1. The van der Waals surface area contributed by atoms with E-state index in [1.807, 2.05) is 27.7 Å². The molecule has 0 aromatic rings. The number of nitrogens with one attached hydrogen (secondary N) is 1. The number of carbonyl (C=O) groups excluding carboxylic acids is 2. The van der Waals surface area contributed by atoms with E-state index < -0.39 is 0 Å². The Balaban J connectivity index is 2.22. The topological polar surface area (TPSA) is 58.6 Å². The fourth-order valence-electron chi connectivity index (χ4n) is 2.39. The molecule has 5 nitrogen and oxygen atoms in total. The first-order chi connectivity index (χ1) is 9.38. The number of amides is 1. The zero-order chi connectivity index (χ0) is 15.1. The van der Waals surface area contributed by atoms with Gasteiger partial charge in [-0.3, -0.25) is 9.59 Å². The molecule has 0 bridgehead atoms. The number of likely N-dealkylation sites (tertiary alicyclic amines) is 1. The van der Waals surface area contributed by atoms with Crippen LogP contribution in [0, 0.1) is 5.92 Å². The van der Waals surface area contributed by atoms with Crippen LogP contribution in [0.2, 0.25) is 0 Å². The summed E-state index contributed by atoms with van der Waals surface area (Å²) in [5.41, 5.74) is 0. The van der Waals surface area contributed by atoms with Crippen molar-refractivity contribution in [3.05, 3.63) is 0 Å². The SMILES string of the molecule is CC(C)NC(=O)C1CCN(CCC(=O)OC(C)C)CC1. The molecule has 1 amide bonds. The van der Waals surface area contributed by atoms with Crippen LogP contribution in [-0.4, -0.2) is 48.6 Å². The number of hydrogen-bond acceptors (Lipinski definition) is 4. The van der Waals surface area contributed by atoms with E-state index in [2.05, 4.69) is 10.2 Å². The average Bonchev–Trinajstić information content (AvgIpc) is 2.35. The molecule has 1 aliphatic rings. The minimum Gasteiger partial charge on any atom is -0.463 e. The third-order valence-corrected chi connectivity index (χ3v) is 3.39. The summed E-state index contributed by atoms with van der Waals surface area (Å²) in [6, 6.07) is 0.200. The van der Waals surface area contributed by atoms with Crippen LogP contribution in [0.15, 0.2) is 0 Å². The molecule has 0 saturated carbocycles. The quantitative estimate of drug-likeness (QED) is 0.752. The predicted octanol–water partition coefficient (Wildman–Crippen LogP) is 1.56. The Morgan fingerprint density at radius 1 is 1.20 bits per heavy atom. The van der Waals surface area contributed by atoms with Crippen molar-refractivity contribution in [3.8, 4) is 0 Å². The molecular weight excluding hydrogens is 256 g/mol. The van der Waals surface area contributed by atoms with Gasteiger partial charge in [-0.05, 0) is 53.6 Å². The summed E-state index contributed by atoms with van der Waals surface area (Å²) in [5, 5.41) is 2.97. The first kappa shape index (κ1) is 17.0. The van der Waals surface area contributed by atoms with Gasteiger partial charge < -0.3 is 15.0 Å². The standard InChI is InChI=1S/C15H28N2O3/c1-11(2)16-15(19)13-5-8-17(9-6-13)10-7-14(18)20-12(3)4/h11-13H,5-10H2,1-4H3,(H,16,19). The van der Waals surface area contributed by atoms with Crippen LogP contribution in [0.5, 0.6) is 0 Å². The zero-order valence-electron chi connectivity index (χ0n) is 13.1. The first-order valence-electron chi connectivity index (χ1n) is 7.60. The molecule has 0 atom stereocenters. The van der Waals surface area contributed by atoms with Gasteiger partial charge in [-0.15, -0.1) is 0 Å². The fraction of sp³-hybridized carbons (Fsp3) is 0.867. The highest BCUT2D eigenvalue weighted by Gasteiger charge is 2.25. The Morgan fingerprint density at radius 3 is 2.30 bits per heavy atom. The second-order valence-corrected chi connectivity index (χ2v) is 6.07. The molecule has 1 rings (SSSR count). The number of piperidine rings is 1. The van der Waals surface area contributed by atoms with Gasteiger partial charge in [0.2, 0.25) is 5.91 Å². The van der Waals surface area contributed by atoms with Crippen molar-refractivity contribution in [2.45, 2.75) is 59.1 Å². The molecule has 0 aromatic heterocycles. The average molecular weight is 284 g/mol. The number of hydrogen-bond donors (Lipinski definition) is 1. The highest BCUT2D eigenvalue weighted by atomic mass is 16.5. The van der Waals surface area contributed by atoms with Crippen molar-refractivity contribution in [2.24, 2.45) is 5.92 Å². The minimum absolute atomic E-state index is 0.0482. The maximum atomic E-state index is 11.9. The van der Waals surface area contributed by atoms with E-state index in [0.717, 1.165) is 32.5 Å². The van der Waals surface area contributed by atoms with Crippen LogP contribution in [0.1, 0.15) is 47.0 Å². The van der Waals surface area contributed by atoms with Gasteiger partial charge in [-0.2, -0.15) is 0 Å². The Bertz CT molecular complexity index is 321. The monoisotopic (exact) mass is 284 g/mol. The van der Waals surface area contributed by atoms with Gasteiger partial charge in [0.1, 0.15) is 0 Å². The van der Waals surface area contributed by atoms with Gasteiger partial charge in [0.15, 0.2) is 0 Å². The lowest BCUT2D eigenvalue weighted by atomic mass is 9.95. The van der Waals surface area contributed by atoms with Crippen molar-refractivity contribution in [1.82, 2.24) is 10.2 Å². The molecule has 1 fully saturated rings. The summed E-state index contributed by atoms with van der Waals surface area (Å²) in [6.07, 6.45) is 2.13. The lowest BCUT2D eigenvalue weighted by molar-refractivity contribution is -0.148. The van der Waals surface area contributed by atoms with Crippen LogP contribution in [-0.2, 0) is 14.3 Å². The molecule has 0 unspecified atom stereocenters. The second-order valence-electron chi connectivity index (χ2n) is 6.07. The molecule has 20 heavy (non-hydrogen) atoms. The van der Waals surface area contributed by atoms with Crippen molar-refractivity contribution < 1.29 is 14.3 Å². The number of esters is 1. The largest absolute Gasteiger partial charge is 0.463 e. The molecule has 0 spiro atoms. The van der Waals surface area contributed by atoms with E-state index in [0.29, 0.717) is 6.42 Å². The predicted molar refractivity (Wildman–Crippen MR) is 78.3 cm³/mol. The number of ether oxygens (including phenoxy) is 1. The van der Waals surface area contributed by atoms with Crippen molar-refractivity contribution >= 4 is 11.9 Å².